The van der Waals surface area contributed by atoms with Gasteiger partial charge in [0.2, 0.25) is 0 Å². The van der Waals surface area contributed by atoms with Crippen LogP contribution in [0.5, 0.6) is 5.75 Å². The van der Waals surface area contributed by atoms with Crippen molar-refractivity contribution in [2.45, 2.75) is 20.8 Å². The zero-order valence-electron chi connectivity index (χ0n) is 16.3. The van der Waals surface area contributed by atoms with Gasteiger partial charge in [-0.3, -0.25) is 9.36 Å². The highest BCUT2D eigenvalue weighted by atomic mass is 16.5. The number of aryl methyl sites for hydroxylation is 2. The molecule has 0 fully saturated rings. The van der Waals surface area contributed by atoms with Gasteiger partial charge in [-0.25, -0.2) is 5.43 Å². The van der Waals surface area contributed by atoms with Crippen molar-refractivity contribution in [1.82, 2.24) is 15.1 Å². The molecular formula is C20H23N5O3. The molecule has 146 valence electrons. The first-order valence-electron chi connectivity index (χ1n) is 8.80. The van der Waals surface area contributed by atoms with E-state index in [1.807, 2.05) is 61.7 Å². The first-order chi connectivity index (χ1) is 13.5. The summed E-state index contributed by atoms with van der Waals surface area (Å²) in [6.45, 7) is 5.90. The molecule has 0 spiro atoms. The standard InChI is InChI=1S/C20H23N5O3/c1-13-9-16(15(3)25(13)19-10-14(2)28-24-19)11-22-23-20(26)12-21-17-5-7-18(27-4)8-6-17/h5-11,21H,12H2,1-4H3,(H,23,26)/b22-11-. The lowest BCUT2D eigenvalue weighted by Gasteiger charge is -2.06. The normalized spacial score (nSPS) is 11.0. The number of carbonyl (C=O) groups excluding carboxylic acids is 1. The summed E-state index contributed by atoms with van der Waals surface area (Å²) in [6.07, 6.45) is 1.62. The summed E-state index contributed by atoms with van der Waals surface area (Å²) in [6, 6.07) is 11.2. The summed E-state index contributed by atoms with van der Waals surface area (Å²) in [5.41, 5.74) is 6.20. The van der Waals surface area contributed by atoms with E-state index in [0.29, 0.717) is 0 Å². The number of hydrogen-bond acceptors (Lipinski definition) is 6. The van der Waals surface area contributed by atoms with Gasteiger partial charge in [-0.2, -0.15) is 5.10 Å². The predicted octanol–water partition coefficient (Wildman–Crippen LogP) is 2.96. The molecule has 28 heavy (non-hydrogen) atoms. The SMILES string of the molecule is COc1ccc(NCC(=O)N/N=C\c2cc(C)n(-c3cc(C)on3)c2C)cc1. The molecule has 0 atom stereocenters. The van der Waals surface area contributed by atoms with Crippen LogP contribution in [0.15, 0.2) is 46.0 Å². The smallest absolute Gasteiger partial charge is 0.259 e. The van der Waals surface area contributed by atoms with Gasteiger partial charge in [0.15, 0.2) is 5.82 Å². The lowest BCUT2D eigenvalue weighted by Crippen LogP contribution is -2.25. The number of hydrazone groups is 1. The number of anilines is 1. The van der Waals surface area contributed by atoms with Crippen LogP contribution in [0, 0.1) is 20.8 Å². The molecule has 0 radical (unpaired) electrons. The van der Waals surface area contributed by atoms with E-state index in [4.69, 9.17) is 9.26 Å². The number of amides is 1. The third-order valence-corrected chi connectivity index (χ3v) is 4.25. The number of ether oxygens (including phenoxy) is 1. The van der Waals surface area contributed by atoms with Gasteiger partial charge in [-0.05, 0) is 51.1 Å². The topological polar surface area (TPSA) is 93.7 Å². The molecular weight excluding hydrogens is 358 g/mol. The van der Waals surface area contributed by atoms with Gasteiger partial charge in [0.1, 0.15) is 11.5 Å². The highest BCUT2D eigenvalue weighted by Crippen LogP contribution is 2.19. The van der Waals surface area contributed by atoms with Gasteiger partial charge in [0, 0.05) is 28.7 Å². The third kappa shape index (κ3) is 4.40. The van der Waals surface area contributed by atoms with Gasteiger partial charge >= 0.3 is 0 Å². The molecule has 1 aromatic carbocycles. The van der Waals surface area contributed by atoms with Gasteiger partial charge < -0.3 is 14.6 Å². The maximum Gasteiger partial charge on any atom is 0.259 e. The minimum atomic E-state index is -0.243. The van der Waals surface area contributed by atoms with Crippen molar-refractivity contribution in [2.24, 2.45) is 5.10 Å². The van der Waals surface area contributed by atoms with Gasteiger partial charge in [-0.1, -0.05) is 5.16 Å². The maximum atomic E-state index is 12.0. The maximum absolute atomic E-state index is 12.0. The van der Waals surface area contributed by atoms with Gasteiger partial charge in [-0.15, -0.1) is 0 Å². The van der Waals surface area contributed by atoms with Crippen LogP contribution in [0.3, 0.4) is 0 Å². The molecule has 3 rings (SSSR count). The van der Waals surface area contributed by atoms with E-state index >= 15 is 0 Å². The highest BCUT2D eigenvalue weighted by Gasteiger charge is 2.12. The molecule has 0 aliphatic rings. The number of aromatic nitrogens is 2. The molecule has 2 aromatic heterocycles. The average molecular weight is 381 g/mol. The number of carbonyl (C=O) groups is 1. The molecule has 0 aliphatic carbocycles. The van der Waals surface area contributed by atoms with Crippen LogP contribution >= 0.6 is 0 Å². The monoisotopic (exact) mass is 381 g/mol. The minimum Gasteiger partial charge on any atom is -0.497 e. The fourth-order valence-corrected chi connectivity index (χ4v) is 2.83. The number of rotatable bonds is 7. The van der Waals surface area contributed by atoms with Crippen molar-refractivity contribution in [3.63, 3.8) is 0 Å². The van der Waals surface area contributed by atoms with E-state index in [1.54, 1.807) is 13.3 Å². The molecule has 8 nitrogen and oxygen atoms in total. The van der Waals surface area contributed by atoms with Crippen LogP contribution in [0.25, 0.3) is 5.82 Å². The van der Waals surface area contributed by atoms with Crippen LogP contribution in [0.2, 0.25) is 0 Å². The summed E-state index contributed by atoms with van der Waals surface area (Å²) in [4.78, 5) is 12.0. The number of nitrogens with one attached hydrogen (secondary N) is 2. The largest absolute Gasteiger partial charge is 0.497 e. The quantitative estimate of drug-likeness (QED) is 0.485. The van der Waals surface area contributed by atoms with Crippen LogP contribution in [0.4, 0.5) is 5.69 Å². The summed E-state index contributed by atoms with van der Waals surface area (Å²) in [5, 5.41) is 11.1. The van der Waals surface area contributed by atoms with Crippen LogP contribution in [-0.2, 0) is 4.79 Å². The molecule has 0 aliphatic heterocycles. The molecule has 0 bridgehead atoms. The second-order valence-corrected chi connectivity index (χ2v) is 6.33. The second-order valence-electron chi connectivity index (χ2n) is 6.33. The summed E-state index contributed by atoms with van der Waals surface area (Å²) in [7, 11) is 1.61. The van der Waals surface area contributed by atoms with Crippen LogP contribution in [-0.4, -0.2) is 35.5 Å². The molecule has 0 saturated carbocycles. The van der Waals surface area contributed by atoms with Crippen molar-refractivity contribution in [3.05, 3.63) is 59.1 Å². The predicted molar refractivity (Wildman–Crippen MR) is 107 cm³/mol. The third-order valence-electron chi connectivity index (χ3n) is 4.25. The van der Waals surface area contributed by atoms with Crippen molar-refractivity contribution >= 4 is 17.8 Å². The number of methoxy groups -OCH3 is 1. The Labute approximate surface area is 163 Å². The van der Waals surface area contributed by atoms with Crippen molar-refractivity contribution < 1.29 is 14.1 Å². The van der Waals surface area contributed by atoms with Gasteiger partial charge in [0.25, 0.3) is 5.91 Å². The molecule has 2 heterocycles. The molecule has 2 N–H and O–H groups in total. The van der Waals surface area contributed by atoms with Crippen molar-refractivity contribution in [3.8, 4) is 11.6 Å². The van der Waals surface area contributed by atoms with E-state index in [0.717, 1.165) is 40.0 Å². The van der Waals surface area contributed by atoms with Gasteiger partial charge in [0.05, 0.1) is 19.9 Å². The Balaban J connectivity index is 1.57. The Morgan fingerprint density at radius 3 is 2.64 bits per heavy atom. The molecule has 0 saturated heterocycles. The Hall–Kier alpha value is -3.55. The number of benzene rings is 1. The average Bonchev–Trinajstić information content (AvgIpc) is 3.23. The van der Waals surface area contributed by atoms with Crippen molar-refractivity contribution in [1.29, 1.82) is 0 Å². The molecule has 8 heteroatoms. The van der Waals surface area contributed by atoms with Crippen LogP contribution in [0.1, 0.15) is 22.7 Å². The zero-order chi connectivity index (χ0) is 20.1. The van der Waals surface area contributed by atoms with E-state index < -0.39 is 0 Å². The van der Waals surface area contributed by atoms with E-state index in [-0.39, 0.29) is 12.5 Å². The summed E-state index contributed by atoms with van der Waals surface area (Å²) in [5.74, 6) is 1.99. The lowest BCUT2D eigenvalue weighted by atomic mass is 10.3. The minimum absolute atomic E-state index is 0.112. The van der Waals surface area contributed by atoms with Crippen LogP contribution < -0.4 is 15.5 Å². The Morgan fingerprint density at radius 1 is 1.25 bits per heavy atom. The highest BCUT2D eigenvalue weighted by molar-refractivity contribution is 5.85. The molecule has 0 unspecified atom stereocenters. The zero-order valence-corrected chi connectivity index (χ0v) is 16.3. The van der Waals surface area contributed by atoms with E-state index in [9.17, 15) is 4.79 Å². The van der Waals surface area contributed by atoms with E-state index in [2.05, 4.69) is 21.0 Å². The first-order valence-corrected chi connectivity index (χ1v) is 8.80. The summed E-state index contributed by atoms with van der Waals surface area (Å²) < 4.78 is 12.2. The number of hydrogen-bond donors (Lipinski definition) is 2. The van der Waals surface area contributed by atoms with E-state index in [1.165, 1.54) is 0 Å². The second kappa shape index (κ2) is 8.43. The lowest BCUT2D eigenvalue weighted by molar-refractivity contribution is -0.119. The summed E-state index contributed by atoms with van der Waals surface area (Å²) >= 11 is 0. The Morgan fingerprint density at radius 2 is 2.00 bits per heavy atom. The van der Waals surface area contributed by atoms with Crippen molar-refractivity contribution in [2.75, 3.05) is 19.0 Å². The molecule has 3 aromatic rings. The first kappa shape index (κ1) is 19.2. The Kier molecular flexibility index (Phi) is 5.78. The fraction of sp³-hybridized carbons (Fsp3) is 0.250. The Bertz CT molecular complexity index is 986. The molecule has 1 amide bonds. The fourth-order valence-electron chi connectivity index (χ4n) is 2.83. The number of nitrogens with zero attached hydrogens (tertiary/aromatic N) is 3.